The summed E-state index contributed by atoms with van der Waals surface area (Å²) in [6, 6.07) is 13.3. The number of hydrogen-bond acceptors (Lipinski definition) is 2. The van der Waals surface area contributed by atoms with Gasteiger partial charge in [-0.25, -0.2) is 0 Å². The minimum Gasteiger partial charge on any atom is -0.322 e. The third kappa shape index (κ3) is 3.95. The fourth-order valence-electron chi connectivity index (χ4n) is 2.02. The van der Waals surface area contributed by atoms with Gasteiger partial charge in [0.25, 0.3) is 5.91 Å². The van der Waals surface area contributed by atoms with Crippen LogP contribution in [0.4, 0.5) is 5.69 Å². The number of rotatable bonds is 2. The highest BCUT2D eigenvalue weighted by Crippen LogP contribution is 2.15. The number of benzene rings is 2. The molecule has 21 heavy (non-hydrogen) atoms. The SMILES string of the molecule is Cc1cccc(NC(=O)c2cc(C#CCN)ccc2C)c1. The molecule has 0 radical (unpaired) electrons. The van der Waals surface area contributed by atoms with Crippen molar-refractivity contribution in [3.63, 3.8) is 0 Å². The Bertz CT molecular complexity index is 723. The number of aryl methyl sites for hydroxylation is 2. The molecule has 2 aromatic carbocycles. The zero-order valence-electron chi connectivity index (χ0n) is 12.2. The molecule has 0 fully saturated rings. The lowest BCUT2D eigenvalue weighted by Gasteiger charge is -2.09. The maximum atomic E-state index is 12.4. The van der Waals surface area contributed by atoms with Crippen molar-refractivity contribution < 1.29 is 4.79 Å². The van der Waals surface area contributed by atoms with E-state index in [1.807, 2.05) is 50.2 Å². The highest BCUT2D eigenvalue weighted by Gasteiger charge is 2.10. The molecule has 0 spiro atoms. The van der Waals surface area contributed by atoms with Gasteiger partial charge in [0.05, 0.1) is 6.54 Å². The van der Waals surface area contributed by atoms with E-state index in [4.69, 9.17) is 5.73 Å². The minimum absolute atomic E-state index is 0.130. The Morgan fingerprint density at radius 3 is 2.71 bits per heavy atom. The molecular formula is C18H18N2O. The van der Waals surface area contributed by atoms with E-state index in [2.05, 4.69) is 17.2 Å². The zero-order chi connectivity index (χ0) is 15.2. The van der Waals surface area contributed by atoms with Crippen LogP contribution in [0.5, 0.6) is 0 Å². The van der Waals surface area contributed by atoms with Crippen molar-refractivity contribution in [2.24, 2.45) is 5.73 Å². The van der Waals surface area contributed by atoms with Crippen LogP contribution < -0.4 is 11.1 Å². The van der Waals surface area contributed by atoms with Gasteiger partial charge >= 0.3 is 0 Å². The molecule has 0 aliphatic carbocycles. The summed E-state index contributed by atoms with van der Waals surface area (Å²) in [6.45, 7) is 4.20. The lowest BCUT2D eigenvalue weighted by Crippen LogP contribution is -2.13. The van der Waals surface area contributed by atoms with E-state index in [1.165, 1.54) is 0 Å². The van der Waals surface area contributed by atoms with E-state index < -0.39 is 0 Å². The number of anilines is 1. The average Bonchev–Trinajstić information content (AvgIpc) is 2.46. The predicted octanol–water partition coefficient (Wildman–Crippen LogP) is 2.87. The first-order valence-electron chi connectivity index (χ1n) is 6.78. The maximum absolute atomic E-state index is 12.4. The molecule has 0 atom stereocenters. The third-order valence-corrected chi connectivity index (χ3v) is 3.09. The smallest absolute Gasteiger partial charge is 0.255 e. The second-order valence-electron chi connectivity index (χ2n) is 4.86. The molecule has 0 aromatic heterocycles. The van der Waals surface area contributed by atoms with Gasteiger partial charge in [-0.05, 0) is 49.2 Å². The van der Waals surface area contributed by atoms with Crippen LogP contribution in [0.1, 0.15) is 27.0 Å². The van der Waals surface area contributed by atoms with Crippen molar-refractivity contribution in [1.29, 1.82) is 0 Å². The summed E-state index contributed by atoms with van der Waals surface area (Å²) in [4.78, 5) is 12.4. The fraction of sp³-hybridized carbons (Fsp3) is 0.167. The molecule has 2 aromatic rings. The monoisotopic (exact) mass is 278 g/mol. The topological polar surface area (TPSA) is 55.1 Å². The van der Waals surface area contributed by atoms with Crippen molar-refractivity contribution >= 4 is 11.6 Å². The minimum atomic E-state index is -0.130. The van der Waals surface area contributed by atoms with Crippen LogP contribution in [-0.2, 0) is 0 Å². The van der Waals surface area contributed by atoms with Gasteiger partial charge in [-0.1, -0.05) is 30.0 Å². The lowest BCUT2D eigenvalue weighted by atomic mass is 10.0. The number of nitrogens with two attached hydrogens (primary N) is 1. The second kappa shape index (κ2) is 6.74. The van der Waals surface area contributed by atoms with Gasteiger partial charge in [0.15, 0.2) is 0 Å². The van der Waals surface area contributed by atoms with Crippen LogP contribution in [0.25, 0.3) is 0 Å². The summed E-state index contributed by atoms with van der Waals surface area (Å²) in [5, 5.41) is 2.91. The molecule has 0 saturated carbocycles. The molecule has 0 unspecified atom stereocenters. The van der Waals surface area contributed by atoms with Crippen LogP contribution >= 0.6 is 0 Å². The largest absolute Gasteiger partial charge is 0.322 e. The zero-order valence-corrected chi connectivity index (χ0v) is 12.2. The number of nitrogens with one attached hydrogen (secondary N) is 1. The Morgan fingerprint density at radius 2 is 2.00 bits per heavy atom. The standard InChI is InChI=1S/C18H18N2O/c1-13-5-3-7-16(11-13)20-18(21)17-12-15(6-4-10-19)9-8-14(17)2/h3,5,7-9,11-12H,10,19H2,1-2H3,(H,20,21). The second-order valence-corrected chi connectivity index (χ2v) is 4.86. The van der Waals surface area contributed by atoms with Crippen LogP contribution in [0.15, 0.2) is 42.5 Å². The molecule has 0 aliphatic rings. The van der Waals surface area contributed by atoms with Crippen molar-refractivity contribution in [3.8, 4) is 11.8 Å². The fourth-order valence-corrected chi connectivity index (χ4v) is 2.02. The third-order valence-electron chi connectivity index (χ3n) is 3.09. The maximum Gasteiger partial charge on any atom is 0.255 e. The van der Waals surface area contributed by atoms with Gasteiger partial charge < -0.3 is 11.1 Å². The Labute approximate surface area is 125 Å². The van der Waals surface area contributed by atoms with Gasteiger partial charge in [-0.15, -0.1) is 0 Å². The van der Waals surface area contributed by atoms with Gasteiger partial charge in [0.1, 0.15) is 0 Å². The Balaban J connectivity index is 2.26. The molecule has 2 rings (SSSR count). The lowest BCUT2D eigenvalue weighted by molar-refractivity contribution is 0.102. The van der Waals surface area contributed by atoms with E-state index >= 15 is 0 Å². The van der Waals surface area contributed by atoms with E-state index in [-0.39, 0.29) is 5.91 Å². The number of carbonyl (C=O) groups is 1. The predicted molar refractivity (Wildman–Crippen MR) is 86.2 cm³/mol. The Hall–Kier alpha value is -2.57. The molecule has 3 nitrogen and oxygen atoms in total. The van der Waals surface area contributed by atoms with E-state index in [0.29, 0.717) is 12.1 Å². The molecule has 0 saturated heterocycles. The van der Waals surface area contributed by atoms with Crippen LogP contribution in [0, 0.1) is 25.7 Å². The van der Waals surface area contributed by atoms with Crippen LogP contribution in [-0.4, -0.2) is 12.5 Å². The highest BCUT2D eigenvalue weighted by atomic mass is 16.1. The van der Waals surface area contributed by atoms with Gasteiger partial charge in [0.2, 0.25) is 0 Å². The van der Waals surface area contributed by atoms with Crippen molar-refractivity contribution in [3.05, 3.63) is 64.7 Å². The molecule has 3 N–H and O–H groups in total. The van der Waals surface area contributed by atoms with Gasteiger partial charge in [-0.3, -0.25) is 4.79 Å². The van der Waals surface area contributed by atoms with Gasteiger partial charge in [-0.2, -0.15) is 0 Å². The first kappa shape index (κ1) is 14.8. The molecule has 0 aliphatic heterocycles. The summed E-state index contributed by atoms with van der Waals surface area (Å²) in [7, 11) is 0. The average molecular weight is 278 g/mol. The van der Waals surface area contributed by atoms with Gasteiger partial charge in [0, 0.05) is 16.8 Å². The first-order valence-corrected chi connectivity index (χ1v) is 6.78. The molecule has 1 amide bonds. The highest BCUT2D eigenvalue weighted by molar-refractivity contribution is 6.05. The van der Waals surface area contributed by atoms with Crippen molar-refractivity contribution in [2.75, 3.05) is 11.9 Å². The summed E-state index contributed by atoms with van der Waals surface area (Å²) in [6.07, 6.45) is 0. The summed E-state index contributed by atoms with van der Waals surface area (Å²) in [5.41, 5.74) is 9.59. The Kier molecular flexibility index (Phi) is 4.76. The molecule has 3 heteroatoms. The Morgan fingerprint density at radius 1 is 1.19 bits per heavy atom. The van der Waals surface area contributed by atoms with Crippen LogP contribution in [0.2, 0.25) is 0 Å². The summed E-state index contributed by atoms with van der Waals surface area (Å²) in [5.74, 6) is 5.61. The summed E-state index contributed by atoms with van der Waals surface area (Å²) < 4.78 is 0. The molecular weight excluding hydrogens is 260 g/mol. The normalized spacial score (nSPS) is 9.67. The quantitative estimate of drug-likeness (QED) is 0.830. The number of amides is 1. The van der Waals surface area contributed by atoms with E-state index in [9.17, 15) is 4.79 Å². The molecule has 0 bridgehead atoms. The van der Waals surface area contributed by atoms with Crippen molar-refractivity contribution in [1.82, 2.24) is 0 Å². The first-order chi connectivity index (χ1) is 10.1. The number of hydrogen-bond donors (Lipinski definition) is 2. The molecule has 0 heterocycles. The van der Waals surface area contributed by atoms with E-state index in [0.717, 1.165) is 22.4 Å². The van der Waals surface area contributed by atoms with Crippen LogP contribution in [0.3, 0.4) is 0 Å². The summed E-state index contributed by atoms with van der Waals surface area (Å²) >= 11 is 0. The van der Waals surface area contributed by atoms with Crippen molar-refractivity contribution in [2.45, 2.75) is 13.8 Å². The molecule has 106 valence electrons. The number of carbonyl (C=O) groups excluding carboxylic acids is 1. The van der Waals surface area contributed by atoms with E-state index in [1.54, 1.807) is 6.07 Å².